The van der Waals surface area contributed by atoms with E-state index in [1.165, 1.54) is 35.4 Å². The van der Waals surface area contributed by atoms with E-state index in [1.54, 1.807) is 22.9 Å². The van der Waals surface area contributed by atoms with Gasteiger partial charge in [0.25, 0.3) is 5.91 Å². The summed E-state index contributed by atoms with van der Waals surface area (Å²) in [7, 11) is 1.88. The molecule has 1 aliphatic heterocycles. The summed E-state index contributed by atoms with van der Waals surface area (Å²) in [5, 5.41) is 22.6. The Bertz CT molecular complexity index is 2210. The fourth-order valence-corrected chi connectivity index (χ4v) is 6.43. The minimum Gasteiger partial charge on any atom is -0.478 e. The van der Waals surface area contributed by atoms with Gasteiger partial charge < -0.3 is 10.0 Å². The standard InChI is InChI=1S/C35H26ClFN6O4/c1-41-29-9-3-6-23(26(29)18-38-41)22-5-2-7-25-24(22)15-16-42(33(25)31(44)17-20-11-13-21(14-12-20)35(46)47)34(45)28-19-43(40-39-28)30-10-4-8-27(36)32(30)37/h2-14,18-19,33H,15-17H2,1H3,(H,46,47). The number of Topliss-reactive ketones (excluding diaryl/α,β-unsaturated/α-hetero) is 1. The highest BCUT2D eigenvalue weighted by Crippen LogP contribution is 2.40. The number of hydrogen-bond acceptors (Lipinski definition) is 6. The van der Waals surface area contributed by atoms with Gasteiger partial charge in [-0.25, -0.2) is 13.9 Å². The van der Waals surface area contributed by atoms with Gasteiger partial charge in [0.15, 0.2) is 17.3 Å². The third-order valence-corrected chi connectivity index (χ3v) is 8.83. The molecule has 6 aromatic rings. The summed E-state index contributed by atoms with van der Waals surface area (Å²) >= 11 is 5.95. The topological polar surface area (TPSA) is 123 Å². The average molecular weight is 649 g/mol. The van der Waals surface area contributed by atoms with Crippen molar-refractivity contribution in [3.63, 3.8) is 0 Å². The van der Waals surface area contributed by atoms with Crippen LogP contribution >= 0.6 is 11.6 Å². The zero-order valence-corrected chi connectivity index (χ0v) is 25.7. The molecule has 1 aliphatic rings. The van der Waals surface area contributed by atoms with Gasteiger partial charge in [-0.15, -0.1) is 5.10 Å². The zero-order valence-electron chi connectivity index (χ0n) is 25.0. The third kappa shape index (κ3) is 5.34. The fraction of sp³-hybridized carbons (Fsp3) is 0.143. The molecule has 0 fully saturated rings. The van der Waals surface area contributed by atoms with Crippen LogP contribution in [-0.4, -0.2) is 59.0 Å². The van der Waals surface area contributed by atoms with Crippen LogP contribution in [0.1, 0.15) is 43.6 Å². The molecule has 10 nitrogen and oxygen atoms in total. The van der Waals surface area contributed by atoms with Crippen molar-refractivity contribution in [1.82, 2.24) is 29.7 Å². The second-order valence-electron chi connectivity index (χ2n) is 11.3. The van der Waals surface area contributed by atoms with E-state index in [4.69, 9.17) is 11.6 Å². The number of carboxylic acid groups (broad SMARTS) is 1. The number of halogens is 2. The lowest BCUT2D eigenvalue weighted by Crippen LogP contribution is -2.44. The highest BCUT2D eigenvalue weighted by molar-refractivity contribution is 6.30. The van der Waals surface area contributed by atoms with Gasteiger partial charge in [0.05, 0.1) is 28.5 Å². The maximum Gasteiger partial charge on any atom is 0.335 e. The fourth-order valence-electron chi connectivity index (χ4n) is 6.26. The lowest BCUT2D eigenvalue weighted by Gasteiger charge is -2.37. The van der Waals surface area contributed by atoms with Crippen molar-refractivity contribution in [2.24, 2.45) is 7.05 Å². The lowest BCUT2D eigenvalue weighted by molar-refractivity contribution is -0.123. The average Bonchev–Trinajstić information content (AvgIpc) is 3.72. The quantitative estimate of drug-likeness (QED) is 0.230. The summed E-state index contributed by atoms with van der Waals surface area (Å²) < 4.78 is 17.7. The highest BCUT2D eigenvalue weighted by atomic mass is 35.5. The van der Waals surface area contributed by atoms with Gasteiger partial charge in [0.2, 0.25) is 0 Å². The molecule has 1 amide bonds. The van der Waals surface area contributed by atoms with Gasteiger partial charge in [0, 0.05) is 25.4 Å². The van der Waals surface area contributed by atoms with E-state index in [0.717, 1.165) is 32.3 Å². The Labute approximate surface area is 272 Å². The molecule has 0 radical (unpaired) electrons. The number of benzene rings is 4. The Kier molecular flexibility index (Phi) is 7.61. The largest absolute Gasteiger partial charge is 0.478 e. The van der Waals surface area contributed by atoms with Gasteiger partial charge in [-0.1, -0.05) is 65.3 Å². The molecule has 2 aromatic heterocycles. The predicted octanol–water partition coefficient (Wildman–Crippen LogP) is 5.86. The van der Waals surface area contributed by atoms with Crippen LogP contribution in [0.5, 0.6) is 0 Å². The van der Waals surface area contributed by atoms with Crippen molar-refractivity contribution in [1.29, 1.82) is 0 Å². The van der Waals surface area contributed by atoms with Crippen LogP contribution in [0.4, 0.5) is 4.39 Å². The van der Waals surface area contributed by atoms with E-state index in [1.807, 2.05) is 49.6 Å². The third-order valence-electron chi connectivity index (χ3n) is 8.54. The van der Waals surface area contributed by atoms with Crippen molar-refractivity contribution in [2.45, 2.75) is 18.9 Å². The first kappa shape index (κ1) is 30.0. The number of carbonyl (C=O) groups excluding carboxylic acids is 2. The number of hydrogen-bond donors (Lipinski definition) is 1. The van der Waals surface area contributed by atoms with Crippen molar-refractivity contribution >= 4 is 40.2 Å². The number of aromatic carboxylic acids is 1. The minimum atomic E-state index is -1.07. The number of fused-ring (bicyclic) bond motifs is 2. The summed E-state index contributed by atoms with van der Waals surface area (Å²) in [5.74, 6) is -2.57. The van der Waals surface area contributed by atoms with E-state index in [2.05, 4.69) is 15.4 Å². The number of ketones is 1. The van der Waals surface area contributed by atoms with Crippen LogP contribution in [0.2, 0.25) is 5.02 Å². The number of rotatable bonds is 7. The molecule has 7 rings (SSSR count). The number of nitrogens with zero attached hydrogens (tertiary/aromatic N) is 6. The van der Waals surface area contributed by atoms with Crippen molar-refractivity contribution in [3.05, 3.63) is 130 Å². The van der Waals surface area contributed by atoms with Crippen LogP contribution in [0.3, 0.4) is 0 Å². The number of carbonyl (C=O) groups is 3. The van der Waals surface area contributed by atoms with Gasteiger partial charge in [-0.2, -0.15) is 5.10 Å². The summed E-state index contributed by atoms with van der Waals surface area (Å²) in [6, 6.07) is 21.3. The first-order valence-electron chi connectivity index (χ1n) is 14.8. The molecular weight excluding hydrogens is 623 g/mol. The Morgan fingerprint density at radius 3 is 2.51 bits per heavy atom. The van der Waals surface area contributed by atoms with Crippen LogP contribution in [0.15, 0.2) is 91.3 Å². The lowest BCUT2D eigenvalue weighted by atomic mass is 9.83. The number of aryl methyl sites for hydroxylation is 1. The Morgan fingerprint density at radius 2 is 1.72 bits per heavy atom. The Morgan fingerprint density at radius 1 is 0.979 bits per heavy atom. The van der Waals surface area contributed by atoms with Crippen LogP contribution in [0.25, 0.3) is 27.7 Å². The molecule has 12 heteroatoms. The van der Waals surface area contributed by atoms with Crippen molar-refractivity contribution in [3.8, 4) is 16.8 Å². The number of amides is 1. The van der Waals surface area contributed by atoms with Crippen molar-refractivity contribution in [2.75, 3.05) is 6.54 Å². The summed E-state index contributed by atoms with van der Waals surface area (Å²) in [4.78, 5) is 41.2. The van der Waals surface area contributed by atoms with E-state index in [0.29, 0.717) is 17.5 Å². The molecule has 234 valence electrons. The summed E-state index contributed by atoms with van der Waals surface area (Å²) in [6.07, 6.45) is 3.55. The summed E-state index contributed by atoms with van der Waals surface area (Å²) in [6.45, 7) is 0.207. The molecule has 1 N–H and O–H groups in total. The molecule has 47 heavy (non-hydrogen) atoms. The second-order valence-corrected chi connectivity index (χ2v) is 11.7. The highest BCUT2D eigenvalue weighted by Gasteiger charge is 2.38. The maximum absolute atomic E-state index is 14.7. The number of carboxylic acids is 1. The van der Waals surface area contributed by atoms with E-state index < -0.39 is 23.7 Å². The molecular formula is C35H26ClFN6O4. The second kappa shape index (κ2) is 11.9. The Hall–Kier alpha value is -5.68. The first-order valence-corrected chi connectivity index (χ1v) is 15.1. The zero-order chi connectivity index (χ0) is 32.8. The molecule has 1 unspecified atom stereocenters. The Balaban J connectivity index is 1.30. The molecule has 0 saturated heterocycles. The van der Waals surface area contributed by atoms with Crippen molar-refractivity contribution < 1.29 is 23.9 Å². The molecule has 0 spiro atoms. The molecule has 0 saturated carbocycles. The molecule has 0 bridgehead atoms. The molecule has 4 aromatic carbocycles. The summed E-state index contributed by atoms with van der Waals surface area (Å²) in [5.41, 5.74) is 5.18. The molecule has 1 atom stereocenters. The van der Waals surface area contributed by atoms with Gasteiger partial charge >= 0.3 is 5.97 Å². The SMILES string of the molecule is Cn1ncc2c(-c3cccc4c3CCN(C(=O)c3cn(-c5cccc(Cl)c5F)nn3)C4C(=O)Cc3ccc(C(=O)O)cc3)cccc21. The molecule has 3 heterocycles. The molecule has 0 aliphatic carbocycles. The van der Waals surface area contributed by atoms with Gasteiger partial charge in [-0.05, 0) is 64.6 Å². The van der Waals surface area contributed by atoms with Gasteiger partial charge in [0.1, 0.15) is 11.7 Å². The number of aromatic nitrogens is 5. The van der Waals surface area contributed by atoms with E-state index >= 15 is 0 Å². The minimum absolute atomic E-state index is 0.0275. The van der Waals surface area contributed by atoms with E-state index in [-0.39, 0.29) is 40.7 Å². The van der Waals surface area contributed by atoms with Crippen LogP contribution in [0, 0.1) is 5.82 Å². The normalized spacial score (nSPS) is 14.3. The van der Waals surface area contributed by atoms with Crippen LogP contribution < -0.4 is 0 Å². The smallest absolute Gasteiger partial charge is 0.335 e. The van der Waals surface area contributed by atoms with E-state index in [9.17, 15) is 23.9 Å². The predicted molar refractivity (Wildman–Crippen MR) is 172 cm³/mol. The maximum atomic E-state index is 14.7. The first-order chi connectivity index (χ1) is 22.7. The van der Waals surface area contributed by atoms with Crippen LogP contribution in [-0.2, 0) is 24.7 Å². The van der Waals surface area contributed by atoms with Gasteiger partial charge in [-0.3, -0.25) is 14.3 Å². The monoisotopic (exact) mass is 648 g/mol.